The van der Waals surface area contributed by atoms with Crippen molar-refractivity contribution in [1.82, 2.24) is 0 Å². The summed E-state index contributed by atoms with van der Waals surface area (Å²) in [6.45, 7) is 3.51. The normalized spacial score (nSPS) is 22.6. The fourth-order valence-electron chi connectivity index (χ4n) is 2.55. The Hall–Kier alpha value is -1.93. The molecule has 0 aromatic heterocycles. The molecule has 0 radical (unpaired) electrons. The van der Waals surface area contributed by atoms with Crippen LogP contribution in [-0.2, 0) is 21.8 Å². The van der Waals surface area contributed by atoms with Crippen LogP contribution in [-0.4, -0.2) is 26.0 Å². The Labute approximate surface area is 123 Å². The van der Waals surface area contributed by atoms with Crippen LogP contribution in [0.2, 0.25) is 0 Å². The number of hydrogen-bond acceptors (Lipinski definition) is 4. The van der Waals surface area contributed by atoms with Crippen molar-refractivity contribution in [3.63, 3.8) is 0 Å². The SMILES string of the molecule is CCc1cc2c(cc1C(=O)N=C(N)N)S(=O)(=O)CC2(C)N. The largest absolute Gasteiger partial charge is 0.370 e. The van der Waals surface area contributed by atoms with Crippen LogP contribution in [0.15, 0.2) is 22.0 Å². The number of aryl methyl sites for hydroxylation is 1. The second-order valence-electron chi connectivity index (χ2n) is 5.38. The van der Waals surface area contributed by atoms with Gasteiger partial charge < -0.3 is 17.2 Å². The van der Waals surface area contributed by atoms with E-state index in [0.29, 0.717) is 17.5 Å². The number of nitrogens with zero attached hydrogens (tertiary/aromatic N) is 1. The fourth-order valence-corrected chi connectivity index (χ4v) is 4.57. The summed E-state index contributed by atoms with van der Waals surface area (Å²) in [5.74, 6) is -1.21. The van der Waals surface area contributed by atoms with Crippen LogP contribution >= 0.6 is 0 Å². The molecule has 21 heavy (non-hydrogen) atoms. The molecule has 1 aromatic rings. The van der Waals surface area contributed by atoms with Crippen molar-refractivity contribution in [3.05, 3.63) is 28.8 Å². The number of aliphatic imine (C=N–C) groups is 1. The minimum absolute atomic E-state index is 0.0823. The van der Waals surface area contributed by atoms with Gasteiger partial charge in [-0.1, -0.05) is 13.0 Å². The number of carbonyl (C=O) groups excluding carboxylic acids is 1. The maximum Gasteiger partial charge on any atom is 0.280 e. The summed E-state index contributed by atoms with van der Waals surface area (Å²) < 4.78 is 24.4. The molecular weight excluding hydrogens is 292 g/mol. The van der Waals surface area contributed by atoms with Crippen molar-refractivity contribution in [2.45, 2.75) is 30.7 Å². The van der Waals surface area contributed by atoms with Gasteiger partial charge in [-0.05, 0) is 30.5 Å². The Morgan fingerprint density at radius 3 is 2.52 bits per heavy atom. The smallest absolute Gasteiger partial charge is 0.280 e. The van der Waals surface area contributed by atoms with Gasteiger partial charge in [-0.15, -0.1) is 0 Å². The quantitative estimate of drug-likeness (QED) is 0.502. The minimum atomic E-state index is -3.51. The topological polar surface area (TPSA) is 142 Å². The number of benzene rings is 1. The standard InChI is InChI=1S/C13H18N4O3S/c1-3-7-4-9-10(21(19,20)6-13(9,2)16)5-8(7)11(18)17-12(14)15/h4-5H,3,6,16H2,1-2H3,(H4,14,15,17,18). The molecule has 0 bridgehead atoms. The molecule has 1 amide bonds. The Morgan fingerprint density at radius 1 is 1.38 bits per heavy atom. The summed E-state index contributed by atoms with van der Waals surface area (Å²) in [5.41, 5.74) is 16.9. The van der Waals surface area contributed by atoms with Crippen LogP contribution in [0.5, 0.6) is 0 Å². The molecule has 1 unspecified atom stereocenters. The Kier molecular flexibility index (Phi) is 3.54. The summed E-state index contributed by atoms with van der Waals surface area (Å²) in [5, 5.41) is 0. The first-order valence-electron chi connectivity index (χ1n) is 6.41. The van der Waals surface area contributed by atoms with Crippen LogP contribution in [0.1, 0.15) is 35.3 Å². The first-order chi connectivity index (χ1) is 9.58. The molecule has 6 N–H and O–H groups in total. The van der Waals surface area contributed by atoms with Crippen LogP contribution < -0.4 is 17.2 Å². The van der Waals surface area contributed by atoms with E-state index < -0.39 is 21.3 Å². The van der Waals surface area contributed by atoms with E-state index in [0.717, 1.165) is 0 Å². The number of rotatable bonds is 2. The second kappa shape index (κ2) is 4.81. The molecule has 0 saturated carbocycles. The third-order valence-corrected chi connectivity index (χ3v) is 5.48. The number of sulfone groups is 1. The molecule has 1 aliphatic heterocycles. The van der Waals surface area contributed by atoms with Gasteiger partial charge in [0.2, 0.25) is 0 Å². The van der Waals surface area contributed by atoms with E-state index in [1.807, 2.05) is 6.92 Å². The second-order valence-corrected chi connectivity index (χ2v) is 7.34. The summed E-state index contributed by atoms with van der Waals surface area (Å²) in [4.78, 5) is 15.6. The van der Waals surface area contributed by atoms with E-state index in [2.05, 4.69) is 4.99 Å². The minimum Gasteiger partial charge on any atom is -0.370 e. The van der Waals surface area contributed by atoms with Gasteiger partial charge in [0, 0.05) is 5.56 Å². The molecule has 1 heterocycles. The van der Waals surface area contributed by atoms with Crippen molar-refractivity contribution in [2.24, 2.45) is 22.2 Å². The summed E-state index contributed by atoms with van der Waals surface area (Å²) in [6.07, 6.45) is 0.532. The molecule has 1 aliphatic rings. The number of amides is 1. The van der Waals surface area contributed by atoms with Gasteiger partial charge in [-0.25, -0.2) is 8.42 Å². The number of guanidine groups is 1. The van der Waals surface area contributed by atoms with Crippen LogP contribution in [0.25, 0.3) is 0 Å². The number of carbonyl (C=O) groups is 1. The lowest BCUT2D eigenvalue weighted by Gasteiger charge is -2.18. The van der Waals surface area contributed by atoms with Gasteiger partial charge in [0.1, 0.15) is 0 Å². The van der Waals surface area contributed by atoms with Gasteiger partial charge in [-0.2, -0.15) is 4.99 Å². The Bertz CT molecular complexity index is 747. The van der Waals surface area contributed by atoms with E-state index >= 15 is 0 Å². The van der Waals surface area contributed by atoms with Crippen LogP contribution in [0.3, 0.4) is 0 Å². The molecule has 0 spiro atoms. The summed E-state index contributed by atoms with van der Waals surface area (Å²) in [7, 11) is -3.51. The fraction of sp³-hybridized carbons (Fsp3) is 0.385. The third-order valence-electron chi connectivity index (χ3n) is 3.49. The van der Waals surface area contributed by atoms with E-state index in [-0.39, 0.29) is 22.2 Å². The molecule has 2 rings (SSSR count). The third kappa shape index (κ3) is 2.64. The van der Waals surface area contributed by atoms with Gasteiger partial charge in [0.05, 0.1) is 16.2 Å². The lowest BCUT2D eigenvalue weighted by atomic mass is 9.91. The van der Waals surface area contributed by atoms with Crippen LogP contribution in [0.4, 0.5) is 0 Å². The van der Waals surface area contributed by atoms with E-state index in [9.17, 15) is 13.2 Å². The first-order valence-corrected chi connectivity index (χ1v) is 8.06. The molecule has 7 nitrogen and oxygen atoms in total. The van der Waals surface area contributed by atoms with E-state index in [1.165, 1.54) is 6.07 Å². The highest BCUT2D eigenvalue weighted by Crippen LogP contribution is 2.38. The van der Waals surface area contributed by atoms with Gasteiger partial charge >= 0.3 is 0 Å². The van der Waals surface area contributed by atoms with Gasteiger partial charge in [-0.3, -0.25) is 4.79 Å². The van der Waals surface area contributed by atoms with Crippen molar-refractivity contribution in [1.29, 1.82) is 0 Å². The van der Waals surface area contributed by atoms with Crippen LogP contribution in [0, 0.1) is 0 Å². The number of hydrogen-bond donors (Lipinski definition) is 3. The Balaban J connectivity index is 2.72. The average Bonchev–Trinajstić information content (AvgIpc) is 2.52. The molecule has 1 atom stereocenters. The van der Waals surface area contributed by atoms with Crippen molar-refractivity contribution < 1.29 is 13.2 Å². The highest BCUT2D eigenvalue weighted by Gasteiger charge is 2.42. The molecule has 114 valence electrons. The zero-order valence-corrected chi connectivity index (χ0v) is 12.7. The predicted octanol–water partition coefficient (Wildman–Crippen LogP) is -0.376. The average molecular weight is 310 g/mol. The van der Waals surface area contributed by atoms with Gasteiger partial charge in [0.25, 0.3) is 5.91 Å². The highest BCUT2D eigenvalue weighted by atomic mass is 32.2. The Morgan fingerprint density at radius 2 is 2.00 bits per heavy atom. The molecule has 0 fully saturated rings. The number of nitrogens with two attached hydrogens (primary N) is 3. The lowest BCUT2D eigenvalue weighted by Crippen LogP contribution is -2.34. The van der Waals surface area contributed by atoms with Crippen molar-refractivity contribution in [2.75, 3.05) is 5.75 Å². The zero-order valence-electron chi connectivity index (χ0n) is 11.9. The van der Waals surface area contributed by atoms with Crippen molar-refractivity contribution in [3.8, 4) is 0 Å². The summed E-state index contributed by atoms with van der Waals surface area (Å²) in [6, 6.07) is 2.99. The monoisotopic (exact) mass is 310 g/mol. The summed E-state index contributed by atoms with van der Waals surface area (Å²) >= 11 is 0. The first kappa shape index (κ1) is 15.5. The highest BCUT2D eigenvalue weighted by molar-refractivity contribution is 7.91. The number of fused-ring (bicyclic) bond motifs is 1. The van der Waals surface area contributed by atoms with E-state index in [1.54, 1.807) is 13.0 Å². The molecule has 0 aliphatic carbocycles. The van der Waals surface area contributed by atoms with Gasteiger partial charge in [0.15, 0.2) is 15.8 Å². The molecular formula is C13H18N4O3S. The molecule has 8 heteroatoms. The maximum atomic E-state index is 12.2. The zero-order chi connectivity index (χ0) is 16.0. The predicted molar refractivity (Wildman–Crippen MR) is 79.6 cm³/mol. The lowest BCUT2D eigenvalue weighted by molar-refractivity contribution is 0.100. The van der Waals surface area contributed by atoms with Crippen molar-refractivity contribution >= 4 is 21.7 Å². The molecule has 1 aromatic carbocycles. The maximum absolute atomic E-state index is 12.2. The molecule has 0 saturated heterocycles. The van der Waals surface area contributed by atoms with E-state index in [4.69, 9.17) is 17.2 Å².